The number of hydrogen-bond acceptors (Lipinski definition) is 4. The monoisotopic (exact) mass is 459 g/mol. The predicted molar refractivity (Wildman–Crippen MR) is 102 cm³/mol. The number of para-hydroxylation sites is 1. The average molecular weight is 459 g/mol. The van der Waals surface area contributed by atoms with Crippen LogP contribution in [-0.2, 0) is 22.5 Å². The Bertz CT molecular complexity index is 1010. The van der Waals surface area contributed by atoms with E-state index in [9.17, 15) is 8.42 Å². The summed E-state index contributed by atoms with van der Waals surface area (Å²) in [7, 11) is -1.97. The first-order valence-electron chi connectivity index (χ1n) is 7.29. The van der Waals surface area contributed by atoms with Gasteiger partial charge in [0.1, 0.15) is 6.33 Å². The quantitative estimate of drug-likeness (QED) is 0.611. The van der Waals surface area contributed by atoms with Gasteiger partial charge in [0.25, 0.3) is 10.0 Å². The van der Waals surface area contributed by atoms with E-state index in [1.807, 2.05) is 48.1 Å². The maximum atomic E-state index is 12.5. The van der Waals surface area contributed by atoms with Crippen molar-refractivity contribution in [3.8, 4) is 0 Å². The maximum Gasteiger partial charge on any atom is 0.282 e. The van der Waals surface area contributed by atoms with Crippen molar-refractivity contribution in [2.45, 2.75) is 31.2 Å². The Kier molecular flexibility index (Phi) is 4.11. The fraction of sp³-hybridized carbons (Fsp3) is 0.333. The van der Waals surface area contributed by atoms with E-state index in [4.69, 9.17) is 0 Å². The first kappa shape index (κ1) is 17.2. The van der Waals surface area contributed by atoms with Gasteiger partial charge in [0.05, 0.1) is 34.6 Å². The number of anilines is 1. The molecule has 0 fully saturated rings. The lowest BCUT2D eigenvalue weighted by Crippen LogP contribution is -2.14. The number of nitrogens with one attached hydrogen (secondary N) is 1. The van der Waals surface area contributed by atoms with Crippen molar-refractivity contribution in [2.24, 2.45) is 7.05 Å². The molecule has 0 aliphatic heterocycles. The molecule has 7 nitrogen and oxygen atoms in total. The summed E-state index contributed by atoms with van der Waals surface area (Å²) >= 11 is 1.95. The zero-order valence-electron chi connectivity index (χ0n) is 13.8. The molecule has 0 aliphatic rings. The lowest BCUT2D eigenvalue weighted by atomic mass is 9.86. The largest absolute Gasteiger partial charge is 0.282 e. The van der Waals surface area contributed by atoms with Crippen LogP contribution in [0.25, 0.3) is 10.9 Å². The van der Waals surface area contributed by atoms with Gasteiger partial charge in [-0.05, 0) is 17.0 Å². The lowest BCUT2D eigenvalue weighted by Gasteiger charge is -2.20. The second-order valence-corrected chi connectivity index (χ2v) is 9.33. The van der Waals surface area contributed by atoms with Gasteiger partial charge in [-0.15, -0.1) is 0 Å². The summed E-state index contributed by atoms with van der Waals surface area (Å²) in [6.45, 7) is 6.35. The SMILES string of the molecule is Cn1nc(NS(=O)(=O)c2cn(I)cn2)c2cccc(C(C)(C)C)c21. The molecule has 0 radical (unpaired) electrons. The molecule has 3 rings (SSSR count). The number of hydrogen-bond donors (Lipinski definition) is 1. The normalized spacial score (nSPS) is 12.7. The van der Waals surface area contributed by atoms with Gasteiger partial charge in [0.2, 0.25) is 0 Å². The summed E-state index contributed by atoms with van der Waals surface area (Å²) in [6.07, 6.45) is 2.87. The zero-order valence-corrected chi connectivity index (χ0v) is 16.8. The molecule has 0 aliphatic carbocycles. The molecule has 0 atom stereocenters. The van der Waals surface area contributed by atoms with E-state index in [1.165, 1.54) is 12.5 Å². The van der Waals surface area contributed by atoms with Crippen molar-refractivity contribution in [1.29, 1.82) is 0 Å². The van der Waals surface area contributed by atoms with Gasteiger partial charge in [-0.2, -0.15) is 13.5 Å². The summed E-state index contributed by atoms with van der Waals surface area (Å²) in [5.41, 5.74) is 1.95. The van der Waals surface area contributed by atoms with Crippen LogP contribution in [0.4, 0.5) is 5.82 Å². The van der Waals surface area contributed by atoms with Crippen molar-refractivity contribution >= 4 is 49.6 Å². The molecular formula is C15H18IN5O2S. The Balaban J connectivity index is 2.12. The van der Waals surface area contributed by atoms with Crippen molar-refractivity contribution in [2.75, 3.05) is 4.72 Å². The predicted octanol–water partition coefficient (Wildman–Crippen LogP) is 3.07. The molecule has 2 heterocycles. The van der Waals surface area contributed by atoms with Crippen LogP contribution in [0.5, 0.6) is 0 Å². The minimum absolute atomic E-state index is 0.0392. The molecule has 2 aromatic heterocycles. The average Bonchev–Trinajstić information content (AvgIpc) is 3.03. The number of imidazole rings is 1. The number of halogens is 1. The number of nitrogens with zero attached hydrogens (tertiary/aromatic N) is 4. The summed E-state index contributed by atoms with van der Waals surface area (Å²) in [5, 5.41) is 5.10. The van der Waals surface area contributed by atoms with E-state index in [0.717, 1.165) is 16.5 Å². The van der Waals surface area contributed by atoms with Gasteiger partial charge in [-0.3, -0.25) is 12.2 Å². The molecule has 0 amide bonds. The standard InChI is InChI=1S/C15H18IN5O2S/c1-15(2,3)11-7-5-6-10-13(11)20(4)18-14(10)19-24(22,23)12-8-21(16)9-17-12/h5-9H,1-4H3,(H,18,19). The highest BCUT2D eigenvalue weighted by atomic mass is 127. The highest BCUT2D eigenvalue weighted by molar-refractivity contribution is 14.1. The third-order valence-electron chi connectivity index (χ3n) is 3.71. The Labute approximate surface area is 154 Å². The Hall–Kier alpha value is -1.62. The number of aryl methyl sites for hydroxylation is 1. The second-order valence-electron chi connectivity index (χ2n) is 6.59. The highest BCUT2D eigenvalue weighted by Gasteiger charge is 2.24. The first-order chi connectivity index (χ1) is 11.1. The summed E-state index contributed by atoms with van der Waals surface area (Å²) in [5.74, 6) is 0.307. The Morgan fingerprint density at radius 3 is 2.54 bits per heavy atom. The summed E-state index contributed by atoms with van der Waals surface area (Å²) in [4.78, 5) is 3.90. The van der Waals surface area contributed by atoms with Gasteiger partial charge < -0.3 is 0 Å². The van der Waals surface area contributed by atoms with E-state index in [-0.39, 0.29) is 10.4 Å². The van der Waals surface area contributed by atoms with Crippen molar-refractivity contribution in [1.82, 2.24) is 17.5 Å². The molecular weight excluding hydrogens is 441 g/mol. The van der Waals surface area contributed by atoms with Crippen LogP contribution in [0.15, 0.2) is 35.7 Å². The molecule has 0 spiro atoms. The number of rotatable bonds is 3. The molecule has 0 saturated carbocycles. The smallest absolute Gasteiger partial charge is 0.277 e. The first-order valence-corrected chi connectivity index (χ1v) is 9.73. The van der Waals surface area contributed by atoms with Gasteiger partial charge in [-0.25, -0.2) is 4.98 Å². The van der Waals surface area contributed by atoms with Crippen LogP contribution in [0.2, 0.25) is 0 Å². The van der Waals surface area contributed by atoms with E-state index in [2.05, 4.69) is 35.6 Å². The molecule has 0 unspecified atom stereocenters. The number of fused-ring (bicyclic) bond motifs is 1. The van der Waals surface area contributed by atoms with E-state index >= 15 is 0 Å². The molecule has 1 aromatic carbocycles. The summed E-state index contributed by atoms with van der Waals surface area (Å²) < 4.78 is 30.8. The van der Waals surface area contributed by atoms with E-state index < -0.39 is 10.0 Å². The van der Waals surface area contributed by atoms with Crippen molar-refractivity contribution in [3.05, 3.63) is 36.3 Å². The van der Waals surface area contributed by atoms with Gasteiger partial charge >= 0.3 is 0 Å². The molecule has 128 valence electrons. The molecule has 3 aromatic rings. The number of sulfonamides is 1. The molecule has 0 saturated heterocycles. The molecule has 9 heteroatoms. The number of benzene rings is 1. The third kappa shape index (κ3) is 3.02. The van der Waals surface area contributed by atoms with Gasteiger partial charge in [-0.1, -0.05) is 32.9 Å². The zero-order chi connectivity index (χ0) is 17.7. The molecule has 1 N–H and O–H groups in total. The van der Waals surface area contributed by atoms with Gasteiger partial charge in [0, 0.05) is 12.4 Å². The van der Waals surface area contributed by atoms with E-state index in [1.54, 1.807) is 7.46 Å². The van der Waals surface area contributed by atoms with Crippen molar-refractivity contribution < 1.29 is 8.42 Å². The van der Waals surface area contributed by atoms with E-state index in [0.29, 0.717) is 5.82 Å². The van der Waals surface area contributed by atoms with Crippen LogP contribution < -0.4 is 4.72 Å². The van der Waals surface area contributed by atoms with Crippen LogP contribution >= 0.6 is 22.9 Å². The fourth-order valence-corrected chi connectivity index (χ4v) is 4.15. The number of aromatic nitrogens is 4. The second kappa shape index (κ2) is 5.73. The Morgan fingerprint density at radius 2 is 1.96 bits per heavy atom. The maximum absolute atomic E-state index is 12.5. The minimum Gasteiger partial charge on any atom is -0.277 e. The summed E-state index contributed by atoms with van der Waals surface area (Å²) in [6, 6.07) is 5.83. The third-order valence-corrected chi connectivity index (χ3v) is 5.46. The lowest BCUT2D eigenvalue weighted by molar-refractivity contribution is 0.590. The minimum atomic E-state index is -3.78. The van der Waals surface area contributed by atoms with Crippen LogP contribution in [0.3, 0.4) is 0 Å². The highest BCUT2D eigenvalue weighted by Crippen LogP contribution is 2.33. The molecule has 0 bridgehead atoms. The Morgan fingerprint density at radius 1 is 1.25 bits per heavy atom. The molecule has 24 heavy (non-hydrogen) atoms. The topological polar surface area (TPSA) is 81.8 Å². The van der Waals surface area contributed by atoms with Crippen LogP contribution in [0, 0.1) is 0 Å². The fourth-order valence-electron chi connectivity index (χ4n) is 2.62. The van der Waals surface area contributed by atoms with Crippen LogP contribution in [0.1, 0.15) is 26.3 Å². The van der Waals surface area contributed by atoms with Gasteiger partial charge in [0.15, 0.2) is 10.8 Å². The van der Waals surface area contributed by atoms with Crippen LogP contribution in [-0.4, -0.2) is 26.0 Å². The van der Waals surface area contributed by atoms with Crippen molar-refractivity contribution in [3.63, 3.8) is 0 Å².